The molecule has 0 spiro atoms. The molecule has 9 heavy (non-hydrogen) atoms. The molecule has 0 saturated heterocycles. The van der Waals surface area contributed by atoms with Crippen molar-refractivity contribution in [3.05, 3.63) is 23.8 Å². The lowest BCUT2D eigenvalue weighted by atomic mass is 10.3. The maximum Gasteiger partial charge on any atom is 0.255 e. The van der Waals surface area contributed by atoms with Gasteiger partial charge < -0.3 is 0 Å². The monoisotopic (exact) mass is 121 g/mol. The highest BCUT2D eigenvalue weighted by molar-refractivity contribution is 5.73. The zero-order chi connectivity index (χ0) is 6.69. The van der Waals surface area contributed by atoms with Crippen molar-refractivity contribution in [2.75, 3.05) is 0 Å². The highest BCUT2D eigenvalue weighted by Crippen LogP contribution is 1.92. The zero-order valence-electron chi connectivity index (χ0n) is 4.96. The van der Waals surface area contributed by atoms with E-state index in [2.05, 4.69) is 9.97 Å². The van der Waals surface area contributed by atoms with Gasteiger partial charge in [-0.2, -0.15) is 0 Å². The first-order valence-electron chi connectivity index (χ1n) is 2.50. The molecule has 3 heteroatoms. The quantitative estimate of drug-likeness (QED) is 0.534. The number of hydrogen-bond donors (Lipinski definition) is 0. The van der Waals surface area contributed by atoms with Crippen molar-refractivity contribution in [2.24, 2.45) is 0 Å². The smallest absolute Gasteiger partial charge is 0.255 e. The van der Waals surface area contributed by atoms with Crippen LogP contribution in [0.25, 0.3) is 0 Å². The van der Waals surface area contributed by atoms with Crippen molar-refractivity contribution in [1.82, 2.24) is 9.97 Å². The van der Waals surface area contributed by atoms with Crippen LogP contribution in [0.1, 0.15) is 11.4 Å². The lowest BCUT2D eigenvalue weighted by molar-refractivity contribution is 0.561. The maximum atomic E-state index is 10.00. The topological polar surface area (TPSA) is 42.9 Å². The van der Waals surface area contributed by atoms with E-state index in [4.69, 9.17) is 0 Å². The summed E-state index contributed by atoms with van der Waals surface area (Å²) >= 11 is 0. The van der Waals surface area contributed by atoms with Gasteiger partial charge in [-0.25, -0.2) is 4.98 Å². The Morgan fingerprint density at radius 2 is 2.11 bits per heavy atom. The van der Waals surface area contributed by atoms with Gasteiger partial charge in [-0.3, -0.25) is 9.78 Å². The van der Waals surface area contributed by atoms with Crippen LogP contribution >= 0.6 is 0 Å². The van der Waals surface area contributed by atoms with E-state index in [1.54, 1.807) is 13.2 Å². The fourth-order valence-electron chi connectivity index (χ4n) is 0.508. The molecule has 0 N–H and O–H groups in total. The normalized spacial score (nSPS) is 9.00. The van der Waals surface area contributed by atoms with E-state index in [0.29, 0.717) is 5.69 Å². The van der Waals surface area contributed by atoms with E-state index in [1.165, 1.54) is 12.4 Å². The first-order valence-corrected chi connectivity index (χ1v) is 2.50. The van der Waals surface area contributed by atoms with Gasteiger partial charge in [0.15, 0.2) is 0 Å². The Morgan fingerprint density at radius 3 is 2.56 bits per heavy atom. The molecule has 0 saturated carbocycles. The third-order valence-corrected chi connectivity index (χ3v) is 0.978. The first-order chi connectivity index (χ1) is 4.34. The number of carbonyl (C=O) groups excluding carboxylic acids is 1. The summed E-state index contributed by atoms with van der Waals surface area (Å²) in [6.07, 6.45) is 4.68. The molecule has 0 aliphatic carbocycles. The average molecular weight is 121 g/mol. The second-order valence-electron chi connectivity index (χ2n) is 1.59. The minimum Gasteiger partial charge on any atom is -0.283 e. The molecule has 0 amide bonds. The van der Waals surface area contributed by atoms with Crippen molar-refractivity contribution in [2.45, 2.75) is 6.92 Å². The Bertz CT molecular complexity index is 222. The van der Waals surface area contributed by atoms with Gasteiger partial charge in [-0.05, 0) is 6.92 Å². The average Bonchev–Trinajstić information content (AvgIpc) is 1.89. The van der Waals surface area contributed by atoms with Crippen molar-refractivity contribution >= 4 is 6.29 Å². The molecule has 0 fully saturated rings. The Hall–Kier alpha value is -1.25. The van der Waals surface area contributed by atoms with Crippen molar-refractivity contribution < 1.29 is 4.79 Å². The fraction of sp³-hybridized carbons (Fsp3) is 0.167. The molecule has 1 aromatic rings. The Balaban J connectivity index is 3.15. The largest absolute Gasteiger partial charge is 0.283 e. The summed E-state index contributed by atoms with van der Waals surface area (Å²) in [7, 11) is 0. The predicted octanol–water partition coefficient (Wildman–Crippen LogP) is 0.243. The fourth-order valence-corrected chi connectivity index (χ4v) is 0.508. The molecule has 0 aliphatic rings. The first kappa shape index (κ1) is 5.88. The van der Waals surface area contributed by atoms with Crippen LogP contribution in [0.2, 0.25) is 0 Å². The number of hydrogen-bond acceptors (Lipinski definition) is 3. The molecule has 1 radical (unpaired) electrons. The summed E-state index contributed by atoms with van der Waals surface area (Å²) in [5.74, 6) is 0. The summed E-state index contributed by atoms with van der Waals surface area (Å²) in [6, 6.07) is 0. The van der Waals surface area contributed by atoms with Gasteiger partial charge in [0, 0.05) is 12.4 Å². The highest BCUT2D eigenvalue weighted by Gasteiger charge is 1.95. The maximum absolute atomic E-state index is 10.00. The molecule has 0 bridgehead atoms. The summed E-state index contributed by atoms with van der Waals surface area (Å²) in [5.41, 5.74) is 0.907. The highest BCUT2D eigenvalue weighted by atomic mass is 16.1. The number of aromatic nitrogens is 2. The number of aryl methyl sites for hydroxylation is 1. The van der Waals surface area contributed by atoms with E-state index in [-0.39, 0.29) is 5.69 Å². The molecular weight excluding hydrogens is 116 g/mol. The van der Waals surface area contributed by atoms with Crippen LogP contribution in [0.4, 0.5) is 0 Å². The Kier molecular flexibility index (Phi) is 1.53. The van der Waals surface area contributed by atoms with Crippen molar-refractivity contribution in [3.8, 4) is 0 Å². The van der Waals surface area contributed by atoms with Crippen LogP contribution in [0, 0.1) is 6.92 Å². The van der Waals surface area contributed by atoms with Gasteiger partial charge >= 0.3 is 0 Å². The predicted molar refractivity (Wildman–Crippen MR) is 31.6 cm³/mol. The van der Waals surface area contributed by atoms with Crippen LogP contribution < -0.4 is 0 Å². The van der Waals surface area contributed by atoms with Gasteiger partial charge in [0.05, 0.1) is 5.69 Å². The number of rotatable bonds is 1. The van der Waals surface area contributed by atoms with E-state index < -0.39 is 0 Å². The third kappa shape index (κ3) is 1.10. The summed E-state index contributed by atoms with van der Waals surface area (Å²) in [6.45, 7) is 1.72. The summed E-state index contributed by atoms with van der Waals surface area (Å²) in [4.78, 5) is 17.5. The molecule has 45 valence electrons. The van der Waals surface area contributed by atoms with Crippen molar-refractivity contribution in [3.63, 3.8) is 0 Å². The lowest BCUT2D eigenvalue weighted by Gasteiger charge is -1.89. The number of nitrogens with zero attached hydrogens (tertiary/aromatic N) is 2. The van der Waals surface area contributed by atoms with Gasteiger partial charge in [-0.15, -0.1) is 0 Å². The zero-order valence-corrected chi connectivity index (χ0v) is 4.96. The van der Waals surface area contributed by atoms with Crippen LogP contribution in [0.3, 0.4) is 0 Å². The van der Waals surface area contributed by atoms with Crippen LogP contribution in [-0.4, -0.2) is 16.3 Å². The van der Waals surface area contributed by atoms with Gasteiger partial charge in [0.1, 0.15) is 5.69 Å². The van der Waals surface area contributed by atoms with E-state index in [0.717, 1.165) is 0 Å². The second kappa shape index (κ2) is 2.35. The minimum atomic E-state index is 0.289. The Morgan fingerprint density at radius 1 is 1.44 bits per heavy atom. The SMILES string of the molecule is Cc1nccnc1[C]=O. The molecule has 0 atom stereocenters. The minimum absolute atomic E-state index is 0.289. The van der Waals surface area contributed by atoms with Crippen LogP contribution in [0.5, 0.6) is 0 Å². The standard InChI is InChI=1S/C6H5N2O/c1-5-6(4-9)8-3-2-7-5/h2-3H,1H3. The summed E-state index contributed by atoms with van der Waals surface area (Å²) in [5, 5.41) is 0. The van der Waals surface area contributed by atoms with Crippen LogP contribution in [0.15, 0.2) is 12.4 Å². The molecule has 0 aromatic carbocycles. The molecule has 3 nitrogen and oxygen atoms in total. The lowest BCUT2D eigenvalue weighted by Crippen LogP contribution is -1.92. The molecule has 1 rings (SSSR count). The molecule has 0 aliphatic heterocycles. The van der Waals surface area contributed by atoms with E-state index >= 15 is 0 Å². The Labute approximate surface area is 52.8 Å². The molecule has 1 heterocycles. The van der Waals surface area contributed by atoms with Gasteiger partial charge in [0.2, 0.25) is 0 Å². The molecule has 0 unspecified atom stereocenters. The van der Waals surface area contributed by atoms with Gasteiger partial charge in [0.25, 0.3) is 6.29 Å². The van der Waals surface area contributed by atoms with E-state index in [9.17, 15) is 4.79 Å². The molecule has 1 aromatic heterocycles. The van der Waals surface area contributed by atoms with Crippen LogP contribution in [-0.2, 0) is 4.79 Å². The molecular formula is C6H5N2O. The van der Waals surface area contributed by atoms with Gasteiger partial charge in [-0.1, -0.05) is 0 Å². The van der Waals surface area contributed by atoms with E-state index in [1.807, 2.05) is 0 Å². The third-order valence-electron chi connectivity index (χ3n) is 0.978. The van der Waals surface area contributed by atoms with Crippen molar-refractivity contribution in [1.29, 1.82) is 0 Å². The summed E-state index contributed by atoms with van der Waals surface area (Å²) < 4.78 is 0. The second-order valence-corrected chi connectivity index (χ2v) is 1.59.